The van der Waals surface area contributed by atoms with Crippen LogP contribution in [-0.2, 0) is 6.42 Å². The third-order valence-electron chi connectivity index (χ3n) is 3.20. The number of hydrogen-bond donors (Lipinski definition) is 2. The first-order valence-electron chi connectivity index (χ1n) is 6.68. The van der Waals surface area contributed by atoms with Gasteiger partial charge in [-0.25, -0.2) is 9.97 Å². The number of hydrogen-bond acceptors (Lipinski definition) is 5. The Morgan fingerprint density at radius 1 is 1.32 bits per heavy atom. The van der Waals surface area contributed by atoms with Crippen LogP contribution >= 0.6 is 0 Å². The first kappa shape index (κ1) is 12.0. The van der Waals surface area contributed by atoms with Crippen LogP contribution in [0.15, 0.2) is 28.9 Å². The van der Waals surface area contributed by atoms with E-state index in [9.17, 15) is 0 Å². The van der Waals surface area contributed by atoms with Gasteiger partial charge in [-0.05, 0) is 25.0 Å². The van der Waals surface area contributed by atoms with Crippen molar-refractivity contribution in [3.05, 3.63) is 36.0 Å². The van der Waals surface area contributed by atoms with E-state index in [1.54, 1.807) is 6.26 Å². The highest BCUT2D eigenvalue weighted by molar-refractivity contribution is 5.47. The largest absolute Gasteiger partial charge is 0.469 e. The van der Waals surface area contributed by atoms with Gasteiger partial charge in [-0.1, -0.05) is 0 Å². The molecule has 0 spiro atoms. The van der Waals surface area contributed by atoms with Crippen LogP contribution in [0.4, 0.5) is 11.6 Å². The van der Waals surface area contributed by atoms with Crippen molar-refractivity contribution >= 4 is 11.6 Å². The molecule has 3 rings (SSSR count). The summed E-state index contributed by atoms with van der Waals surface area (Å²) >= 11 is 0. The van der Waals surface area contributed by atoms with Gasteiger partial charge in [0.05, 0.1) is 6.26 Å². The molecule has 0 saturated heterocycles. The van der Waals surface area contributed by atoms with Crippen molar-refractivity contribution in [3.63, 3.8) is 0 Å². The molecule has 1 aliphatic rings. The molecule has 5 heteroatoms. The van der Waals surface area contributed by atoms with Gasteiger partial charge in [0.2, 0.25) is 0 Å². The quantitative estimate of drug-likeness (QED) is 0.834. The van der Waals surface area contributed by atoms with Crippen LogP contribution < -0.4 is 10.6 Å². The molecule has 0 unspecified atom stereocenters. The van der Waals surface area contributed by atoms with Gasteiger partial charge >= 0.3 is 0 Å². The summed E-state index contributed by atoms with van der Waals surface area (Å²) in [6.07, 6.45) is 4.97. The molecule has 2 aromatic rings. The second-order valence-corrected chi connectivity index (χ2v) is 4.78. The van der Waals surface area contributed by atoms with Gasteiger partial charge in [0.1, 0.15) is 23.2 Å². The van der Waals surface area contributed by atoms with Crippen molar-refractivity contribution in [1.82, 2.24) is 9.97 Å². The lowest BCUT2D eigenvalue weighted by molar-refractivity contribution is 0.513. The van der Waals surface area contributed by atoms with E-state index in [0.717, 1.165) is 36.2 Å². The van der Waals surface area contributed by atoms with Crippen molar-refractivity contribution in [1.29, 1.82) is 0 Å². The van der Waals surface area contributed by atoms with Crippen LogP contribution in [0.25, 0.3) is 0 Å². The SMILES string of the molecule is CNc1cc(NCCc2ccco2)nc(C2CC2)n1. The van der Waals surface area contributed by atoms with E-state index in [0.29, 0.717) is 5.92 Å². The molecule has 0 aromatic carbocycles. The van der Waals surface area contributed by atoms with Gasteiger partial charge in [0.15, 0.2) is 0 Å². The highest BCUT2D eigenvalue weighted by Gasteiger charge is 2.27. The van der Waals surface area contributed by atoms with Crippen molar-refractivity contribution in [2.24, 2.45) is 0 Å². The summed E-state index contributed by atoms with van der Waals surface area (Å²) in [6, 6.07) is 5.83. The standard InChI is InChI=1S/C14H18N4O/c1-15-12-9-13(18-14(17-12)10-4-5-10)16-7-6-11-3-2-8-19-11/h2-3,8-10H,4-7H2,1H3,(H2,15,16,17,18). The third-order valence-corrected chi connectivity index (χ3v) is 3.20. The Morgan fingerprint density at radius 3 is 2.84 bits per heavy atom. The summed E-state index contributed by atoms with van der Waals surface area (Å²) in [7, 11) is 1.88. The van der Waals surface area contributed by atoms with E-state index in [1.807, 2.05) is 25.2 Å². The van der Waals surface area contributed by atoms with E-state index in [4.69, 9.17) is 4.42 Å². The smallest absolute Gasteiger partial charge is 0.136 e. The topological polar surface area (TPSA) is 63.0 Å². The molecule has 100 valence electrons. The zero-order chi connectivity index (χ0) is 13.1. The van der Waals surface area contributed by atoms with Crippen LogP contribution in [0.5, 0.6) is 0 Å². The Hall–Kier alpha value is -2.04. The van der Waals surface area contributed by atoms with Crippen LogP contribution in [0.3, 0.4) is 0 Å². The Balaban J connectivity index is 1.64. The molecule has 0 atom stereocenters. The molecule has 2 heterocycles. The normalized spacial score (nSPS) is 14.4. The number of furan rings is 1. The molecule has 0 amide bonds. The summed E-state index contributed by atoms with van der Waals surface area (Å²) in [5.41, 5.74) is 0. The maximum Gasteiger partial charge on any atom is 0.136 e. The second kappa shape index (κ2) is 5.30. The van der Waals surface area contributed by atoms with Gasteiger partial charge in [-0.3, -0.25) is 0 Å². The maximum atomic E-state index is 5.30. The summed E-state index contributed by atoms with van der Waals surface area (Å²) in [6.45, 7) is 0.803. The monoisotopic (exact) mass is 258 g/mol. The van der Waals surface area contributed by atoms with Gasteiger partial charge in [-0.2, -0.15) is 0 Å². The fraction of sp³-hybridized carbons (Fsp3) is 0.429. The number of nitrogens with one attached hydrogen (secondary N) is 2. The molecular formula is C14H18N4O. The second-order valence-electron chi connectivity index (χ2n) is 4.78. The van der Waals surface area contributed by atoms with Crippen LogP contribution in [0, 0.1) is 0 Å². The number of rotatable bonds is 6. The van der Waals surface area contributed by atoms with Gasteiger partial charge in [-0.15, -0.1) is 0 Å². The lowest BCUT2D eigenvalue weighted by Gasteiger charge is -2.09. The average Bonchev–Trinajstić information content (AvgIpc) is 3.17. The zero-order valence-corrected chi connectivity index (χ0v) is 11.0. The van der Waals surface area contributed by atoms with Gasteiger partial charge in [0, 0.05) is 32.0 Å². The van der Waals surface area contributed by atoms with Gasteiger partial charge in [0.25, 0.3) is 0 Å². The van der Waals surface area contributed by atoms with Crippen molar-refractivity contribution in [2.75, 3.05) is 24.2 Å². The predicted molar refractivity (Wildman–Crippen MR) is 74.5 cm³/mol. The Labute approximate surface area is 112 Å². The third kappa shape index (κ3) is 3.05. The molecule has 0 radical (unpaired) electrons. The lowest BCUT2D eigenvalue weighted by Crippen LogP contribution is -2.09. The number of nitrogens with zero attached hydrogens (tertiary/aromatic N) is 2. The highest BCUT2D eigenvalue weighted by atomic mass is 16.3. The Morgan fingerprint density at radius 2 is 2.16 bits per heavy atom. The molecule has 19 heavy (non-hydrogen) atoms. The minimum atomic E-state index is 0.555. The molecule has 2 N–H and O–H groups in total. The van der Waals surface area contributed by atoms with Crippen LogP contribution in [0.1, 0.15) is 30.3 Å². The van der Waals surface area contributed by atoms with E-state index >= 15 is 0 Å². The molecule has 1 saturated carbocycles. The summed E-state index contributed by atoms with van der Waals surface area (Å²) < 4.78 is 5.30. The number of anilines is 2. The molecular weight excluding hydrogens is 240 g/mol. The minimum absolute atomic E-state index is 0.555. The Bertz CT molecular complexity index is 534. The zero-order valence-electron chi connectivity index (χ0n) is 11.0. The van der Waals surface area contributed by atoms with E-state index < -0.39 is 0 Å². The molecule has 0 bridgehead atoms. The average molecular weight is 258 g/mol. The van der Waals surface area contributed by atoms with Crippen molar-refractivity contribution < 1.29 is 4.42 Å². The molecule has 0 aliphatic heterocycles. The van der Waals surface area contributed by atoms with Crippen molar-refractivity contribution in [2.45, 2.75) is 25.2 Å². The first-order chi connectivity index (χ1) is 9.35. The lowest BCUT2D eigenvalue weighted by atomic mass is 10.3. The van der Waals surface area contributed by atoms with E-state index in [1.165, 1.54) is 12.8 Å². The van der Waals surface area contributed by atoms with Crippen LogP contribution in [-0.4, -0.2) is 23.6 Å². The Kier molecular flexibility index (Phi) is 3.35. The predicted octanol–water partition coefficient (Wildman–Crippen LogP) is 2.64. The van der Waals surface area contributed by atoms with Gasteiger partial charge < -0.3 is 15.1 Å². The van der Waals surface area contributed by atoms with Crippen LogP contribution in [0.2, 0.25) is 0 Å². The number of aromatic nitrogens is 2. The summed E-state index contributed by atoms with van der Waals surface area (Å²) in [4.78, 5) is 9.06. The first-order valence-corrected chi connectivity index (χ1v) is 6.68. The molecule has 2 aromatic heterocycles. The molecule has 1 aliphatic carbocycles. The highest BCUT2D eigenvalue weighted by Crippen LogP contribution is 2.38. The fourth-order valence-corrected chi connectivity index (χ4v) is 1.98. The molecule has 5 nitrogen and oxygen atoms in total. The van der Waals surface area contributed by atoms with E-state index in [-0.39, 0.29) is 0 Å². The van der Waals surface area contributed by atoms with E-state index in [2.05, 4.69) is 20.6 Å². The molecule has 1 fully saturated rings. The minimum Gasteiger partial charge on any atom is -0.469 e. The maximum absolute atomic E-state index is 5.30. The summed E-state index contributed by atoms with van der Waals surface area (Å²) in [5.74, 6) is 4.24. The fourth-order valence-electron chi connectivity index (χ4n) is 1.98. The van der Waals surface area contributed by atoms with Crippen molar-refractivity contribution in [3.8, 4) is 0 Å². The summed E-state index contributed by atoms with van der Waals surface area (Å²) in [5, 5.41) is 6.41.